The van der Waals surface area contributed by atoms with Crippen LogP contribution in [0.4, 0.5) is 0 Å². The van der Waals surface area contributed by atoms with Gasteiger partial charge in [0.1, 0.15) is 17.2 Å². The van der Waals surface area contributed by atoms with Crippen molar-refractivity contribution in [3.63, 3.8) is 0 Å². The largest absolute Gasteiger partial charge is 0.893 e. The first-order valence-corrected chi connectivity index (χ1v) is 19.5. The third-order valence-electron chi connectivity index (χ3n) is 4.27. The second-order valence-corrected chi connectivity index (χ2v) is 16.7. The first kappa shape index (κ1) is 32.6. The lowest BCUT2D eigenvalue weighted by Crippen LogP contribution is -2.59. The molecule has 4 nitrogen and oxygen atoms in total. The van der Waals surface area contributed by atoms with Gasteiger partial charge in [-0.15, -0.1) is 0 Å². The van der Waals surface area contributed by atoms with E-state index < -0.39 is 9.05 Å². The lowest BCUT2D eigenvalue weighted by molar-refractivity contribution is 0.0628. The summed E-state index contributed by atoms with van der Waals surface area (Å²) in [5.74, 6) is 1.41. The second-order valence-electron chi connectivity index (χ2n) is 6.91. The van der Waals surface area contributed by atoms with Gasteiger partial charge in [0.05, 0.1) is 19.5 Å². The predicted molar refractivity (Wildman–Crippen MR) is 181 cm³/mol. The van der Waals surface area contributed by atoms with Gasteiger partial charge in [-0.3, -0.25) is 0 Å². The zero-order valence-electron chi connectivity index (χ0n) is 17.7. The van der Waals surface area contributed by atoms with Gasteiger partial charge < -0.3 is 17.7 Å². The van der Waals surface area contributed by atoms with Crippen LogP contribution in [0.25, 0.3) is 0 Å². The summed E-state index contributed by atoms with van der Waals surface area (Å²) >= 11 is 35.6. The molecular formula is C21H12Br10O4Si. The first-order chi connectivity index (χ1) is 16.9. The lowest BCUT2D eigenvalue weighted by atomic mass is 10.3. The highest BCUT2D eigenvalue weighted by Crippen LogP contribution is 2.44. The monoisotopic (exact) mass is 1150 g/mol. The fraction of sp³-hybridized carbons (Fsp3) is 0.143. The van der Waals surface area contributed by atoms with Gasteiger partial charge in [0.15, 0.2) is 0 Å². The molecule has 194 valence electrons. The van der Waals surface area contributed by atoms with Gasteiger partial charge in [0.25, 0.3) is 0 Å². The molecule has 0 saturated carbocycles. The normalized spacial score (nSPS) is 12.4. The molecule has 3 aromatic carbocycles. The summed E-state index contributed by atoms with van der Waals surface area (Å²) in [5.41, 5.74) is 0. The number of benzene rings is 3. The van der Waals surface area contributed by atoms with Crippen LogP contribution < -0.4 is 13.3 Å². The van der Waals surface area contributed by atoms with E-state index in [9.17, 15) is 0 Å². The molecule has 3 aromatic rings. The molecule has 0 spiro atoms. The molecule has 0 saturated heterocycles. The van der Waals surface area contributed by atoms with Crippen LogP contribution in [0.2, 0.25) is 0 Å². The van der Waals surface area contributed by atoms with Gasteiger partial charge in [0.2, 0.25) is 0 Å². The summed E-state index contributed by atoms with van der Waals surface area (Å²) < 4.78 is 33.0. The summed E-state index contributed by atoms with van der Waals surface area (Å²) in [7, 11) is -4.05. The molecule has 0 radical (unpaired) electrons. The van der Waals surface area contributed by atoms with Crippen molar-refractivity contribution in [1.29, 1.82) is 0 Å². The zero-order valence-corrected chi connectivity index (χ0v) is 34.5. The molecule has 1 atom stereocenters. The fourth-order valence-electron chi connectivity index (χ4n) is 2.58. The fourth-order valence-corrected chi connectivity index (χ4v) is 9.62. The van der Waals surface area contributed by atoms with Gasteiger partial charge in [-0.2, -0.15) is 0 Å². The van der Waals surface area contributed by atoms with Crippen molar-refractivity contribution in [2.75, 3.05) is 5.33 Å². The Balaban J connectivity index is 2.22. The van der Waals surface area contributed by atoms with E-state index in [1.165, 1.54) is 0 Å². The Hall–Kier alpha value is 2.04. The Bertz CT molecular complexity index is 1130. The molecule has 0 heterocycles. The minimum absolute atomic E-state index is 0.315. The Morgan fingerprint density at radius 3 is 1.14 bits per heavy atom. The number of rotatable bonds is 9. The number of alkyl halides is 1. The van der Waals surface area contributed by atoms with Crippen molar-refractivity contribution in [1.82, 2.24) is 0 Å². The van der Waals surface area contributed by atoms with E-state index in [1.54, 1.807) is 18.2 Å². The topological polar surface area (TPSA) is 36.9 Å². The summed E-state index contributed by atoms with van der Waals surface area (Å²) in [5, 5.41) is 0.527. The van der Waals surface area contributed by atoms with Crippen LogP contribution in [0, 0.1) is 0 Å². The third-order valence-corrected chi connectivity index (χ3v) is 17.3. The molecule has 0 N–H and O–H groups in total. The molecule has 15 heteroatoms. The predicted octanol–water partition coefficient (Wildman–Crippen LogP) is 12.3. The maximum absolute atomic E-state index is 6.56. The Kier molecular flexibility index (Phi) is 12.9. The number of halogens is 10. The zero-order chi connectivity index (χ0) is 26.8. The number of hydrogen-bond donors (Lipinski definition) is 0. The average molecular weight is 1160 g/mol. The molecule has 0 aliphatic rings. The van der Waals surface area contributed by atoms with Crippen molar-refractivity contribution in [2.45, 2.75) is 13.0 Å². The third kappa shape index (κ3) is 7.86. The highest BCUT2D eigenvalue weighted by Gasteiger charge is 2.57. The van der Waals surface area contributed by atoms with Crippen LogP contribution in [0.5, 0.6) is 17.2 Å². The molecule has 3 rings (SSSR count). The molecule has 0 aliphatic heterocycles. The van der Waals surface area contributed by atoms with Crippen molar-refractivity contribution >= 4 is 168 Å². The highest BCUT2D eigenvalue weighted by molar-refractivity contribution is 9.15. The molecule has 36 heavy (non-hydrogen) atoms. The Morgan fingerprint density at radius 1 is 0.556 bits per heavy atom. The first-order valence-electron chi connectivity index (χ1n) is 9.60. The summed E-state index contributed by atoms with van der Waals surface area (Å²) in [6.45, 7) is 1.90. The molecule has 0 aromatic heterocycles. The highest BCUT2D eigenvalue weighted by atomic mass is 79.9. The molecule has 0 amide bonds. The van der Waals surface area contributed by atoms with Crippen molar-refractivity contribution in [3.05, 3.63) is 76.7 Å². The minimum Gasteiger partial charge on any atom is -0.460 e. The van der Waals surface area contributed by atoms with Crippen LogP contribution in [0.15, 0.2) is 76.7 Å². The second kappa shape index (κ2) is 14.3. The lowest BCUT2D eigenvalue weighted by Gasteiger charge is -2.31. The summed E-state index contributed by atoms with van der Waals surface area (Å²) in [6.07, 6.45) is -0.315. The standard InChI is InChI=1S/C21H12Br10O4Si/c1-9(8-22)32-36(33-13-5-2-10(23)16(26)19(13)29,34-14-6-3-11(24)17(27)20(14)30)35-15-7-4-12(25)18(28)21(15)31/h2-7,9H,8H2,1H3. The maximum Gasteiger partial charge on any atom is 0.893 e. The van der Waals surface area contributed by atoms with Crippen molar-refractivity contribution in [2.24, 2.45) is 0 Å². The summed E-state index contributed by atoms with van der Waals surface area (Å²) in [4.78, 5) is 0. The smallest absolute Gasteiger partial charge is 0.460 e. The van der Waals surface area contributed by atoms with Gasteiger partial charge in [-0.1, -0.05) is 15.9 Å². The van der Waals surface area contributed by atoms with E-state index in [0.29, 0.717) is 36.0 Å². The van der Waals surface area contributed by atoms with E-state index in [1.807, 2.05) is 25.1 Å². The van der Waals surface area contributed by atoms with Crippen LogP contribution in [-0.4, -0.2) is 20.5 Å². The van der Waals surface area contributed by atoms with Gasteiger partial charge in [0, 0.05) is 32.2 Å². The number of hydrogen-bond acceptors (Lipinski definition) is 4. The van der Waals surface area contributed by atoms with E-state index in [-0.39, 0.29) is 6.10 Å². The SMILES string of the molecule is CC(CBr)O[Si](Oc1ccc(Br)c(Br)c1Br)(Oc1ccc(Br)c(Br)c1Br)Oc1ccc(Br)c(Br)c1Br. The molecule has 0 aliphatic carbocycles. The van der Waals surface area contributed by atoms with Gasteiger partial charge in [-0.05, 0) is 187 Å². The average Bonchev–Trinajstić information content (AvgIpc) is 2.85. The Morgan fingerprint density at radius 2 is 0.861 bits per heavy atom. The van der Waals surface area contributed by atoms with E-state index in [0.717, 1.165) is 26.8 Å². The molecule has 0 fully saturated rings. The quantitative estimate of drug-likeness (QED) is 0.122. The van der Waals surface area contributed by atoms with Crippen molar-refractivity contribution in [3.8, 4) is 17.2 Å². The van der Waals surface area contributed by atoms with E-state index in [2.05, 4.69) is 159 Å². The van der Waals surface area contributed by atoms with Crippen LogP contribution >= 0.6 is 159 Å². The van der Waals surface area contributed by atoms with Crippen LogP contribution in [0.3, 0.4) is 0 Å². The van der Waals surface area contributed by atoms with Crippen LogP contribution in [0.1, 0.15) is 6.92 Å². The minimum atomic E-state index is -4.05. The molecule has 1 unspecified atom stereocenters. The van der Waals surface area contributed by atoms with Crippen molar-refractivity contribution < 1.29 is 17.7 Å². The van der Waals surface area contributed by atoms with Gasteiger partial charge in [-0.25, -0.2) is 0 Å². The molecule has 0 bridgehead atoms. The van der Waals surface area contributed by atoms with Crippen LogP contribution in [-0.2, 0) is 4.43 Å². The molecular weight excluding hydrogens is 1140 g/mol. The Labute approximate surface area is 294 Å². The van der Waals surface area contributed by atoms with Gasteiger partial charge >= 0.3 is 9.05 Å². The van der Waals surface area contributed by atoms with E-state index in [4.69, 9.17) is 17.7 Å². The maximum atomic E-state index is 6.56. The van der Waals surface area contributed by atoms with E-state index >= 15 is 0 Å². The summed E-state index contributed by atoms with van der Waals surface area (Å²) in [6, 6.07) is 11.0.